The summed E-state index contributed by atoms with van der Waals surface area (Å²) in [5.41, 5.74) is 2.17. The summed E-state index contributed by atoms with van der Waals surface area (Å²) in [6.07, 6.45) is 2.37. The van der Waals surface area contributed by atoms with Crippen LogP contribution in [0.5, 0.6) is 0 Å². The van der Waals surface area contributed by atoms with E-state index in [2.05, 4.69) is 39.2 Å². The lowest BCUT2D eigenvalue weighted by atomic mass is 9.99. The van der Waals surface area contributed by atoms with Gasteiger partial charge in [-0.3, -0.25) is 10.00 Å². The quantitative estimate of drug-likeness (QED) is 0.481. The van der Waals surface area contributed by atoms with Gasteiger partial charge in [-0.05, 0) is 43.7 Å². The maximum Gasteiger partial charge on any atom is 0.217 e. The molecule has 5 nitrogen and oxygen atoms in total. The minimum atomic E-state index is 0.483. The molecule has 0 amide bonds. The third-order valence-corrected chi connectivity index (χ3v) is 6.74. The fourth-order valence-corrected chi connectivity index (χ4v) is 5.12. The Morgan fingerprint density at radius 1 is 1.07 bits per heavy atom. The van der Waals surface area contributed by atoms with Crippen molar-refractivity contribution in [2.45, 2.75) is 25.4 Å². The van der Waals surface area contributed by atoms with E-state index in [1.807, 2.05) is 46.4 Å². The molecule has 1 N–H and O–H groups in total. The number of nitrogens with one attached hydrogen (secondary N) is 1. The Morgan fingerprint density at radius 2 is 1.89 bits per heavy atom. The highest BCUT2D eigenvalue weighted by molar-refractivity contribution is 7.71. The van der Waals surface area contributed by atoms with E-state index in [0.717, 1.165) is 36.7 Å². The molecule has 2 aromatic heterocycles. The number of aromatic amines is 1. The van der Waals surface area contributed by atoms with Crippen LogP contribution in [0.25, 0.3) is 21.6 Å². The van der Waals surface area contributed by atoms with Crippen LogP contribution in [0.2, 0.25) is 0 Å². The third kappa shape index (κ3) is 3.53. The Morgan fingerprint density at radius 3 is 2.75 bits per heavy atom. The summed E-state index contributed by atoms with van der Waals surface area (Å²) in [5.74, 6) is 1.31. The number of rotatable bonds is 4. The van der Waals surface area contributed by atoms with E-state index in [1.54, 1.807) is 0 Å². The number of likely N-dealkylation sites (tertiary alicyclic amines) is 1. The minimum Gasteiger partial charge on any atom is -0.284 e. The topological polar surface area (TPSA) is 49.7 Å². The van der Waals surface area contributed by atoms with Crippen molar-refractivity contribution in [1.82, 2.24) is 24.6 Å². The summed E-state index contributed by atoms with van der Waals surface area (Å²) in [7, 11) is 0. The lowest BCUT2D eigenvalue weighted by molar-refractivity contribution is 0.156. The number of aromatic nitrogens is 4. The standard InChI is InChI=1S/C21H21N5S2/c27-21-23-19(15-7-2-1-3-8-15)24-26(21)14-25-12-6-9-16(13-25)20-22-17-10-4-5-11-18(17)28-20/h1-5,7-8,10-11,16H,6,9,12-14H2,(H,23,24,27)/t16-/m0/s1. The second-order valence-electron chi connectivity index (χ2n) is 7.23. The zero-order valence-electron chi connectivity index (χ0n) is 15.4. The van der Waals surface area contributed by atoms with Crippen LogP contribution in [-0.2, 0) is 6.67 Å². The van der Waals surface area contributed by atoms with E-state index < -0.39 is 0 Å². The van der Waals surface area contributed by atoms with Gasteiger partial charge in [-0.15, -0.1) is 11.3 Å². The van der Waals surface area contributed by atoms with E-state index in [-0.39, 0.29) is 0 Å². The second kappa shape index (κ2) is 7.58. The molecule has 5 rings (SSSR count). The van der Waals surface area contributed by atoms with Gasteiger partial charge in [0.1, 0.15) is 0 Å². The lowest BCUT2D eigenvalue weighted by Gasteiger charge is -2.31. The van der Waals surface area contributed by atoms with Crippen molar-refractivity contribution in [3.63, 3.8) is 0 Å². The molecule has 0 unspecified atom stereocenters. The summed E-state index contributed by atoms with van der Waals surface area (Å²) in [5, 5.41) is 4.62. The van der Waals surface area contributed by atoms with E-state index >= 15 is 0 Å². The number of piperidine rings is 1. The number of hydrogen-bond acceptors (Lipinski definition) is 5. The SMILES string of the molecule is S=c1nc(-c2ccccc2)[nH]n1CN1CCC[C@H](c2nc3ccccc3s2)C1. The number of fused-ring (bicyclic) bond motifs is 1. The molecule has 3 heterocycles. The third-order valence-electron chi connectivity index (χ3n) is 5.23. The van der Waals surface area contributed by atoms with Crippen molar-refractivity contribution in [3.8, 4) is 11.4 Å². The maximum atomic E-state index is 5.49. The minimum absolute atomic E-state index is 0.483. The second-order valence-corrected chi connectivity index (χ2v) is 8.65. The summed E-state index contributed by atoms with van der Waals surface area (Å²) in [6, 6.07) is 18.5. The smallest absolute Gasteiger partial charge is 0.217 e. The van der Waals surface area contributed by atoms with E-state index in [9.17, 15) is 0 Å². The molecule has 0 aliphatic carbocycles. The first-order valence-electron chi connectivity index (χ1n) is 9.56. The highest BCUT2D eigenvalue weighted by Crippen LogP contribution is 2.33. The molecule has 0 spiro atoms. The fourth-order valence-electron chi connectivity index (χ4n) is 3.83. The largest absolute Gasteiger partial charge is 0.284 e. The van der Waals surface area contributed by atoms with Crippen molar-refractivity contribution >= 4 is 33.8 Å². The Bertz CT molecular complexity index is 1110. The van der Waals surface area contributed by atoms with Crippen LogP contribution >= 0.6 is 23.6 Å². The van der Waals surface area contributed by atoms with Crippen molar-refractivity contribution in [2.75, 3.05) is 13.1 Å². The van der Waals surface area contributed by atoms with Gasteiger partial charge in [0, 0.05) is 18.0 Å². The highest BCUT2D eigenvalue weighted by atomic mass is 32.1. The molecule has 4 aromatic rings. The molecule has 0 radical (unpaired) electrons. The normalized spacial score (nSPS) is 17.9. The van der Waals surface area contributed by atoms with Gasteiger partial charge in [0.15, 0.2) is 5.82 Å². The van der Waals surface area contributed by atoms with E-state index in [4.69, 9.17) is 17.2 Å². The molecule has 1 aliphatic rings. The number of benzene rings is 2. The molecule has 7 heteroatoms. The highest BCUT2D eigenvalue weighted by Gasteiger charge is 2.24. The zero-order chi connectivity index (χ0) is 18.9. The van der Waals surface area contributed by atoms with Gasteiger partial charge in [0.05, 0.1) is 21.9 Å². The Labute approximate surface area is 172 Å². The monoisotopic (exact) mass is 407 g/mol. The average molecular weight is 408 g/mol. The first kappa shape index (κ1) is 17.7. The number of hydrogen-bond donors (Lipinski definition) is 1. The van der Waals surface area contributed by atoms with Crippen molar-refractivity contribution in [3.05, 3.63) is 64.4 Å². The number of para-hydroxylation sites is 1. The summed E-state index contributed by atoms with van der Waals surface area (Å²) in [6.45, 7) is 2.81. The fraction of sp³-hybridized carbons (Fsp3) is 0.286. The maximum absolute atomic E-state index is 5.49. The predicted octanol–water partition coefficient (Wildman–Crippen LogP) is 5.05. The van der Waals surface area contributed by atoms with Crippen LogP contribution in [0.3, 0.4) is 0 Å². The van der Waals surface area contributed by atoms with Crippen LogP contribution in [0.1, 0.15) is 23.8 Å². The predicted molar refractivity (Wildman–Crippen MR) is 116 cm³/mol. The van der Waals surface area contributed by atoms with E-state index in [1.165, 1.54) is 22.5 Å². The van der Waals surface area contributed by atoms with Gasteiger partial charge in [-0.2, -0.15) is 4.98 Å². The molecule has 0 saturated carbocycles. The first-order chi connectivity index (χ1) is 13.8. The van der Waals surface area contributed by atoms with Gasteiger partial charge >= 0.3 is 0 Å². The Kier molecular flexibility index (Phi) is 4.80. The molecule has 1 aliphatic heterocycles. The number of nitrogens with zero attached hydrogens (tertiary/aromatic N) is 4. The Hall–Kier alpha value is -2.35. The van der Waals surface area contributed by atoms with Crippen LogP contribution in [-0.4, -0.2) is 37.7 Å². The summed E-state index contributed by atoms with van der Waals surface area (Å²) >= 11 is 7.32. The molecule has 1 atom stereocenters. The van der Waals surface area contributed by atoms with Crippen molar-refractivity contribution in [2.24, 2.45) is 0 Å². The van der Waals surface area contributed by atoms with Gasteiger partial charge in [-0.1, -0.05) is 42.5 Å². The van der Waals surface area contributed by atoms with Gasteiger partial charge in [-0.25, -0.2) is 9.67 Å². The van der Waals surface area contributed by atoms with Crippen molar-refractivity contribution in [1.29, 1.82) is 0 Å². The molecule has 1 saturated heterocycles. The van der Waals surface area contributed by atoms with Gasteiger partial charge < -0.3 is 0 Å². The van der Waals surface area contributed by atoms with Crippen LogP contribution < -0.4 is 0 Å². The van der Waals surface area contributed by atoms with Crippen LogP contribution in [0, 0.1) is 4.77 Å². The first-order valence-corrected chi connectivity index (χ1v) is 10.8. The van der Waals surface area contributed by atoms with Crippen LogP contribution in [0.15, 0.2) is 54.6 Å². The molecule has 2 aromatic carbocycles. The van der Waals surface area contributed by atoms with Gasteiger partial charge in [0.25, 0.3) is 0 Å². The van der Waals surface area contributed by atoms with Gasteiger partial charge in [0.2, 0.25) is 4.77 Å². The molecular formula is C21H21N5S2. The van der Waals surface area contributed by atoms with Crippen LogP contribution in [0.4, 0.5) is 0 Å². The number of H-pyrrole nitrogens is 1. The molecule has 1 fully saturated rings. The molecule has 28 heavy (non-hydrogen) atoms. The average Bonchev–Trinajstić information content (AvgIpc) is 3.33. The van der Waals surface area contributed by atoms with E-state index in [0.29, 0.717) is 10.7 Å². The zero-order valence-corrected chi connectivity index (χ0v) is 17.0. The summed E-state index contributed by atoms with van der Waals surface area (Å²) < 4.78 is 3.84. The van der Waals surface area contributed by atoms with Crippen molar-refractivity contribution < 1.29 is 0 Å². The lowest BCUT2D eigenvalue weighted by Crippen LogP contribution is -2.36. The molecule has 142 valence electrons. The summed E-state index contributed by atoms with van der Waals surface area (Å²) in [4.78, 5) is 11.9. The number of thiazole rings is 1. The molecular weight excluding hydrogens is 386 g/mol. The Balaban J connectivity index is 1.33. The molecule has 0 bridgehead atoms.